The predicted molar refractivity (Wildman–Crippen MR) is 87.9 cm³/mol. The SMILES string of the molecule is Cc1ccc2c(N)c(C(=O)N(C)c3cccnc3)sc2c1. The number of pyridine rings is 1. The number of nitrogens with zero attached hydrogens (tertiary/aromatic N) is 2. The first-order valence-electron chi connectivity index (χ1n) is 6.54. The first-order valence-corrected chi connectivity index (χ1v) is 7.36. The standard InChI is InChI=1S/C16H15N3OS/c1-10-5-6-12-13(8-10)21-15(14(12)17)16(20)19(2)11-4-3-7-18-9-11/h3-9H,17H2,1-2H3. The van der Waals surface area contributed by atoms with Crippen molar-refractivity contribution in [3.63, 3.8) is 0 Å². The number of amides is 1. The molecule has 0 spiro atoms. The third-order valence-corrected chi connectivity index (χ3v) is 4.57. The van der Waals surface area contributed by atoms with E-state index in [1.807, 2.05) is 25.1 Å². The Balaban J connectivity index is 2.04. The Morgan fingerprint density at radius 1 is 1.33 bits per heavy atom. The third kappa shape index (κ3) is 2.36. The van der Waals surface area contributed by atoms with Gasteiger partial charge in [-0.15, -0.1) is 11.3 Å². The van der Waals surface area contributed by atoms with Crippen molar-refractivity contribution in [2.24, 2.45) is 0 Å². The molecule has 2 heterocycles. The molecular weight excluding hydrogens is 282 g/mol. The van der Waals surface area contributed by atoms with Crippen LogP contribution in [0.4, 0.5) is 11.4 Å². The quantitative estimate of drug-likeness (QED) is 0.788. The van der Waals surface area contributed by atoms with Crippen molar-refractivity contribution in [3.05, 3.63) is 53.2 Å². The lowest BCUT2D eigenvalue weighted by Crippen LogP contribution is -2.26. The fraction of sp³-hybridized carbons (Fsp3) is 0.125. The molecule has 2 N–H and O–H groups in total. The highest BCUT2D eigenvalue weighted by Gasteiger charge is 2.20. The largest absolute Gasteiger partial charge is 0.397 e. The van der Waals surface area contributed by atoms with Gasteiger partial charge in [-0.1, -0.05) is 12.1 Å². The lowest BCUT2D eigenvalue weighted by molar-refractivity contribution is 0.0997. The summed E-state index contributed by atoms with van der Waals surface area (Å²) in [7, 11) is 1.73. The minimum absolute atomic E-state index is 0.112. The van der Waals surface area contributed by atoms with Crippen LogP contribution in [0.1, 0.15) is 15.2 Å². The molecule has 0 atom stereocenters. The zero-order chi connectivity index (χ0) is 15.0. The van der Waals surface area contributed by atoms with Gasteiger partial charge in [0.05, 0.1) is 17.6 Å². The summed E-state index contributed by atoms with van der Waals surface area (Å²) >= 11 is 1.43. The normalized spacial score (nSPS) is 10.8. The second-order valence-corrected chi connectivity index (χ2v) is 5.97. The van der Waals surface area contributed by atoms with Crippen LogP contribution in [0.25, 0.3) is 10.1 Å². The minimum Gasteiger partial charge on any atom is -0.397 e. The summed E-state index contributed by atoms with van der Waals surface area (Å²) in [5, 5.41) is 0.938. The van der Waals surface area contributed by atoms with Gasteiger partial charge in [0, 0.05) is 23.3 Å². The highest BCUT2D eigenvalue weighted by Crippen LogP contribution is 2.35. The van der Waals surface area contributed by atoms with E-state index in [0.717, 1.165) is 21.3 Å². The predicted octanol–water partition coefficient (Wildman–Crippen LogP) is 3.46. The number of anilines is 2. The van der Waals surface area contributed by atoms with Crippen LogP contribution in [0.3, 0.4) is 0 Å². The molecule has 106 valence electrons. The first-order chi connectivity index (χ1) is 10.1. The molecule has 0 fully saturated rings. The smallest absolute Gasteiger partial charge is 0.270 e. The van der Waals surface area contributed by atoms with E-state index in [2.05, 4.69) is 11.1 Å². The Bertz CT molecular complexity index is 811. The van der Waals surface area contributed by atoms with E-state index in [-0.39, 0.29) is 5.91 Å². The molecule has 1 aromatic carbocycles. The van der Waals surface area contributed by atoms with Gasteiger partial charge in [0.15, 0.2) is 0 Å². The van der Waals surface area contributed by atoms with Gasteiger partial charge in [-0.25, -0.2) is 0 Å². The van der Waals surface area contributed by atoms with Gasteiger partial charge in [-0.05, 0) is 30.7 Å². The van der Waals surface area contributed by atoms with Crippen LogP contribution in [-0.4, -0.2) is 17.9 Å². The van der Waals surface area contributed by atoms with E-state index in [9.17, 15) is 4.79 Å². The Labute approximate surface area is 126 Å². The molecule has 21 heavy (non-hydrogen) atoms. The summed E-state index contributed by atoms with van der Waals surface area (Å²) in [5.41, 5.74) is 8.61. The molecule has 0 bridgehead atoms. The summed E-state index contributed by atoms with van der Waals surface area (Å²) in [5.74, 6) is -0.112. The van der Waals surface area contributed by atoms with Gasteiger partial charge >= 0.3 is 0 Å². The molecule has 0 aliphatic rings. The second kappa shape index (κ2) is 5.18. The molecule has 0 aliphatic carbocycles. The highest BCUT2D eigenvalue weighted by molar-refractivity contribution is 7.21. The number of hydrogen-bond donors (Lipinski definition) is 1. The van der Waals surface area contributed by atoms with E-state index in [1.54, 1.807) is 30.4 Å². The molecule has 4 nitrogen and oxygen atoms in total. The minimum atomic E-state index is -0.112. The van der Waals surface area contributed by atoms with Gasteiger partial charge in [0.1, 0.15) is 4.88 Å². The molecule has 0 saturated heterocycles. The van der Waals surface area contributed by atoms with Crippen molar-refractivity contribution in [2.75, 3.05) is 17.7 Å². The van der Waals surface area contributed by atoms with Crippen LogP contribution in [0.5, 0.6) is 0 Å². The number of benzene rings is 1. The fourth-order valence-corrected chi connectivity index (χ4v) is 3.40. The van der Waals surface area contributed by atoms with Crippen LogP contribution < -0.4 is 10.6 Å². The molecule has 1 amide bonds. The second-order valence-electron chi connectivity index (χ2n) is 4.92. The van der Waals surface area contributed by atoms with Gasteiger partial charge < -0.3 is 10.6 Å². The Morgan fingerprint density at radius 2 is 2.14 bits per heavy atom. The summed E-state index contributed by atoms with van der Waals surface area (Å²) in [4.78, 5) is 18.8. The number of aryl methyl sites for hydroxylation is 1. The number of nitrogens with two attached hydrogens (primary N) is 1. The Hall–Kier alpha value is -2.40. The number of rotatable bonds is 2. The monoisotopic (exact) mass is 297 g/mol. The van der Waals surface area contributed by atoms with Crippen LogP contribution in [-0.2, 0) is 0 Å². The number of hydrogen-bond acceptors (Lipinski definition) is 4. The van der Waals surface area contributed by atoms with Crippen LogP contribution >= 0.6 is 11.3 Å². The van der Waals surface area contributed by atoms with Crippen LogP contribution in [0.15, 0.2) is 42.7 Å². The van der Waals surface area contributed by atoms with Crippen LogP contribution in [0, 0.1) is 6.92 Å². The van der Waals surface area contributed by atoms with Crippen molar-refractivity contribution < 1.29 is 4.79 Å². The maximum atomic E-state index is 12.6. The fourth-order valence-electron chi connectivity index (χ4n) is 2.20. The molecular formula is C16H15N3OS. The number of carbonyl (C=O) groups is 1. The van der Waals surface area contributed by atoms with Crippen molar-refractivity contribution >= 4 is 38.7 Å². The van der Waals surface area contributed by atoms with Crippen molar-refractivity contribution in [1.29, 1.82) is 0 Å². The number of aromatic nitrogens is 1. The molecule has 3 rings (SSSR count). The Morgan fingerprint density at radius 3 is 2.86 bits per heavy atom. The van der Waals surface area contributed by atoms with Gasteiger partial charge in [-0.2, -0.15) is 0 Å². The summed E-state index contributed by atoms with van der Waals surface area (Å²) < 4.78 is 1.04. The molecule has 0 saturated carbocycles. The maximum absolute atomic E-state index is 12.6. The molecule has 0 aliphatic heterocycles. The number of nitrogen functional groups attached to an aromatic ring is 1. The average molecular weight is 297 g/mol. The molecule has 0 radical (unpaired) electrons. The summed E-state index contributed by atoms with van der Waals surface area (Å²) in [6.07, 6.45) is 3.34. The topological polar surface area (TPSA) is 59.2 Å². The van der Waals surface area contributed by atoms with Crippen LogP contribution in [0.2, 0.25) is 0 Å². The highest BCUT2D eigenvalue weighted by atomic mass is 32.1. The maximum Gasteiger partial charge on any atom is 0.270 e. The third-order valence-electron chi connectivity index (χ3n) is 3.42. The van der Waals surface area contributed by atoms with E-state index < -0.39 is 0 Å². The molecule has 3 aromatic rings. The number of thiophene rings is 1. The molecule has 0 unspecified atom stereocenters. The van der Waals surface area contributed by atoms with E-state index >= 15 is 0 Å². The lowest BCUT2D eigenvalue weighted by Gasteiger charge is -2.16. The zero-order valence-electron chi connectivity index (χ0n) is 11.8. The lowest BCUT2D eigenvalue weighted by atomic mass is 10.1. The van der Waals surface area contributed by atoms with Crippen molar-refractivity contribution in [1.82, 2.24) is 4.98 Å². The van der Waals surface area contributed by atoms with E-state index in [4.69, 9.17) is 5.73 Å². The summed E-state index contributed by atoms with van der Waals surface area (Å²) in [6, 6.07) is 9.67. The summed E-state index contributed by atoms with van der Waals surface area (Å²) in [6.45, 7) is 2.03. The average Bonchev–Trinajstić information content (AvgIpc) is 2.83. The van der Waals surface area contributed by atoms with Crippen molar-refractivity contribution in [3.8, 4) is 0 Å². The van der Waals surface area contributed by atoms with Gasteiger partial charge in [0.2, 0.25) is 0 Å². The van der Waals surface area contributed by atoms with E-state index in [0.29, 0.717) is 10.6 Å². The molecule has 2 aromatic heterocycles. The van der Waals surface area contributed by atoms with E-state index in [1.165, 1.54) is 11.3 Å². The zero-order valence-corrected chi connectivity index (χ0v) is 12.6. The number of fused-ring (bicyclic) bond motifs is 1. The van der Waals surface area contributed by atoms with Crippen molar-refractivity contribution in [2.45, 2.75) is 6.92 Å². The first kappa shape index (κ1) is 13.6. The number of carbonyl (C=O) groups excluding carboxylic acids is 1. The van der Waals surface area contributed by atoms with Gasteiger partial charge in [-0.3, -0.25) is 9.78 Å². The molecule has 5 heteroatoms. The Kier molecular flexibility index (Phi) is 3.35. The van der Waals surface area contributed by atoms with Gasteiger partial charge in [0.25, 0.3) is 5.91 Å².